The van der Waals surface area contributed by atoms with Gasteiger partial charge in [0, 0.05) is 6.42 Å². The van der Waals surface area contributed by atoms with E-state index in [-0.39, 0.29) is 28.2 Å². The van der Waals surface area contributed by atoms with Crippen molar-refractivity contribution in [3.63, 3.8) is 0 Å². The molecule has 0 bridgehead atoms. The van der Waals surface area contributed by atoms with E-state index < -0.39 is 28.8 Å². The van der Waals surface area contributed by atoms with Crippen molar-refractivity contribution in [3.05, 3.63) is 0 Å². The predicted molar refractivity (Wildman–Crippen MR) is 110 cm³/mol. The van der Waals surface area contributed by atoms with Crippen LogP contribution in [0, 0.1) is 0 Å². The van der Waals surface area contributed by atoms with Crippen LogP contribution in [0.15, 0.2) is 0 Å². The summed E-state index contributed by atoms with van der Waals surface area (Å²) in [6.07, 6.45) is -1.19. The molecule has 0 heterocycles. The molecule has 0 saturated heterocycles. The fraction of sp³-hybridized carbons (Fsp3) is 0.941. The van der Waals surface area contributed by atoms with E-state index in [2.05, 4.69) is 80.4 Å². The Morgan fingerprint density at radius 3 is 1.75 bits per heavy atom. The zero-order valence-corrected chi connectivity index (χ0v) is 20.1. The highest BCUT2D eigenvalue weighted by Gasteiger charge is 2.41. The second kappa shape index (κ2) is 8.35. The third-order valence-corrected chi connectivity index (χ3v) is 14.7. The fourth-order valence-corrected chi connectivity index (χ4v) is 4.14. The van der Waals surface area contributed by atoms with Gasteiger partial charge >= 0.3 is 0 Å². The van der Waals surface area contributed by atoms with Crippen LogP contribution in [0.2, 0.25) is 36.3 Å². The second-order valence-electron chi connectivity index (χ2n) is 9.67. The van der Waals surface area contributed by atoms with Gasteiger partial charge in [-0.25, -0.2) is 0 Å². The Kier molecular flexibility index (Phi) is 8.47. The van der Waals surface area contributed by atoms with Gasteiger partial charge in [-0.3, -0.25) is 4.79 Å². The van der Waals surface area contributed by atoms with E-state index in [1.54, 1.807) is 0 Å². The Hall–Kier alpha value is 0.334. The molecule has 144 valence electrons. The lowest BCUT2D eigenvalue weighted by molar-refractivity contribution is -0.119. The number of carbonyl (C=O) groups excluding carboxylic acids is 1. The first-order chi connectivity index (χ1) is 10.4. The average Bonchev–Trinajstić information content (AvgIpc) is 2.32. The molecule has 0 saturated carbocycles. The summed E-state index contributed by atoms with van der Waals surface area (Å²) in [5.74, 6) is 0. The van der Waals surface area contributed by atoms with Crippen LogP contribution in [0.25, 0.3) is 0 Å². The lowest BCUT2D eigenvalue weighted by atomic mass is 10.2. The normalized spacial score (nSPS) is 16.8. The molecule has 0 aliphatic rings. The highest BCUT2D eigenvalue weighted by molar-refractivity contribution is 7.96. The maximum absolute atomic E-state index is 11.9. The molecule has 0 aromatic carbocycles. The molecule has 0 radical (unpaired) electrons. The number of thiol groups is 1. The predicted octanol–water partition coefficient (Wildman–Crippen LogP) is 4.61. The van der Waals surface area contributed by atoms with E-state index in [0.717, 1.165) is 0 Å². The van der Waals surface area contributed by atoms with Crippen molar-refractivity contribution < 1.29 is 18.8 Å². The van der Waals surface area contributed by atoms with Crippen molar-refractivity contribution in [2.75, 3.05) is 6.61 Å². The van der Waals surface area contributed by atoms with Crippen LogP contribution >= 0.6 is 12.6 Å². The lowest BCUT2D eigenvalue weighted by Crippen LogP contribution is -2.47. The van der Waals surface area contributed by atoms with Crippen molar-refractivity contribution in [2.45, 2.75) is 96.4 Å². The maximum Gasteiger partial charge on any atom is 0.213 e. The Balaban J connectivity index is 4.84. The van der Waals surface area contributed by atoms with Crippen LogP contribution in [-0.4, -0.2) is 45.7 Å². The van der Waals surface area contributed by atoms with Crippen molar-refractivity contribution in [1.82, 2.24) is 0 Å². The summed E-state index contributed by atoms with van der Waals surface area (Å²) < 4.78 is 12.2. The molecule has 0 amide bonds. The minimum atomic E-state index is -2.10. The van der Waals surface area contributed by atoms with Crippen molar-refractivity contribution in [2.24, 2.45) is 0 Å². The Morgan fingerprint density at radius 2 is 1.42 bits per heavy atom. The van der Waals surface area contributed by atoms with Gasteiger partial charge in [0.2, 0.25) is 5.12 Å². The van der Waals surface area contributed by atoms with Gasteiger partial charge in [0.25, 0.3) is 0 Å². The molecule has 0 aliphatic heterocycles. The first-order valence-electron chi connectivity index (χ1n) is 8.63. The lowest BCUT2D eigenvalue weighted by Gasteiger charge is -2.39. The molecule has 0 aromatic rings. The molecule has 2 atom stereocenters. The summed E-state index contributed by atoms with van der Waals surface area (Å²) >= 11 is 3.96. The summed E-state index contributed by atoms with van der Waals surface area (Å²) in [6, 6.07) is 0. The molecular formula is C17H38O4SSi2. The number of hydrogen-bond acceptors (Lipinski definition) is 4. The first-order valence-corrected chi connectivity index (χ1v) is 14.9. The Labute approximate surface area is 156 Å². The molecule has 7 heteroatoms. The highest BCUT2D eigenvalue weighted by Crippen LogP contribution is 2.38. The van der Waals surface area contributed by atoms with E-state index in [1.807, 2.05) is 0 Å². The van der Waals surface area contributed by atoms with Gasteiger partial charge in [-0.05, 0) is 36.3 Å². The third kappa shape index (κ3) is 7.29. The van der Waals surface area contributed by atoms with Gasteiger partial charge in [0.1, 0.15) is 6.10 Å². The van der Waals surface area contributed by atoms with Gasteiger partial charge in [0.15, 0.2) is 16.6 Å². The van der Waals surface area contributed by atoms with E-state index >= 15 is 0 Å². The first kappa shape index (κ1) is 24.3. The van der Waals surface area contributed by atoms with Crippen LogP contribution < -0.4 is 0 Å². The van der Waals surface area contributed by atoms with Crippen molar-refractivity contribution in [3.8, 4) is 0 Å². The Morgan fingerprint density at radius 1 is 1.00 bits per heavy atom. The molecule has 0 fully saturated rings. The smallest absolute Gasteiger partial charge is 0.213 e. The maximum atomic E-state index is 11.9. The molecule has 0 unspecified atom stereocenters. The summed E-state index contributed by atoms with van der Waals surface area (Å²) in [5.41, 5.74) is 0. The highest BCUT2D eigenvalue weighted by atomic mass is 32.1. The number of hydrogen-bond donors (Lipinski definition) is 2. The minimum absolute atomic E-state index is 0.00291. The van der Waals surface area contributed by atoms with E-state index in [0.29, 0.717) is 0 Å². The molecule has 4 nitrogen and oxygen atoms in total. The van der Waals surface area contributed by atoms with E-state index in [4.69, 9.17) is 8.85 Å². The van der Waals surface area contributed by atoms with Crippen LogP contribution in [0.5, 0.6) is 0 Å². The van der Waals surface area contributed by atoms with Gasteiger partial charge in [-0.15, -0.1) is 12.6 Å². The molecule has 0 rings (SSSR count). The molecule has 0 spiro atoms. The number of rotatable bonds is 8. The minimum Gasteiger partial charge on any atom is -0.414 e. The number of aliphatic hydroxyl groups excluding tert-OH is 1. The van der Waals surface area contributed by atoms with Crippen LogP contribution in [0.1, 0.15) is 48.0 Å². The monoisotopic (exact) mass is 394 g/mol. The second-order valence-corrected chi connectivity index (χ2v) is 19.7. The SMILES string of the molecule is CC(C)(C)[Si](C)(C)OC[C@@H](O)C[C@H](O[Si](C)(C)C(C)(C)C)C(=O)S. The number of carbonyl (C=O) groups is 1. The zero-order chi connectivity index (χ0) is 19.6. The summed E-state index contributed by atoms with van der Waals surface area (Å²) in [7, 11) is -4.02. The van der Waals surface area contributed by atoms with Crippen molar-refractivity contribution >= 4 is 34.4 Å². The third-order valence-electron chi connectivity index (χ3n) is 5.45. The molecule has 0 aromatic heterocycles. The summed E-state index contributed by atoms with van der Waals surface area (Å²) in [5, 5.41) is 10.1. The largest absolute Gasteiger partial charge is 0.414 e. The van der Waals surface area contributed by atoms with Gasteiger partial charge in [0.05, 0.1) is 12.7 Å². The molecule has 24 heavy (non-hydrogen) atoms. The summed E-state index contributed by atoms with van der Waals surface area (Å²) in [4.78, 5) is 11.9. The van der Waals surface area contributed by atoms with Crippen LogP contribution in [-0.2, 0) is 13.6 Å². The fourth-order valence-electron chi connectivity index (χ4n) is 1.57. The number of aliphatic hydroxyl groups is 1. The van der Waals surface area contributed by atoms with Crippen molar-refractivity contribution in [1.29, 1.82) is 0 Å². The van der Waals surface area contributed by atoms with E-state index in [1.165, 1.54) is 0 Å². The van der Waals surface area contributed by atoms with Crippen LogP contribution in [0.4, 0.5) is 0 Å². The quantitative estimate of drug-likeness (QED) is 0.466. The standard InChI is InChI=1S/C17H38O4SSi2/c1-16(2,3)23(7,8)20-12-13(18)11-14(15(19)22)21-24(9,10)17(4,5)6/h13-14,18H,11-12H2,1-10H3,(H,19,22)/t13-,14-/m0/s1. The van der Waals surface area contributed by atoms with Crippen LogP contribution in [0.3, 0.4) is 0 Å². The average molecular weight is 395 g/mol. The van der Waals surface area contributed by atoms with Gasteiger partial charge < -0.3 is 14.0 Å². The zero-order valence-electron chi connectivity index (χ0n) is 17.2. The molecule has 0 aliphatic carbocycles. The molecular weight excluding hydrogens is 356 g/mol. The summed E-state index contributed by atoms with van der Waals surface area (Å²) in [6.45, 7) is 21.5. The van der Waals surface area contributed by atoms with Gasteiger partial charge in [-0.2, -0.15) is 0 Å². The topological polar surface area (TPSA) is 55.8 Å². The van der Waals surface area contributed by atoms with Gasteiger partial charge in [-0.1, -0.05) is 41.5 Å². The van der Waals surface area contributed by atoms with E-state index in [9.17, 15) is 9.90 Å². The Bertz CT molecular complexity index is 425. The molecule has 1 N–H and O–H groups in total.